The van der Waals surface area contributed by atoms with E-state index in [4.69, 9.17) is 36.9 Å². The van der Waals surface area contributed by atoms with Crippen LogP contribution in [0.3, 0.4) is 0 Å². The lowest BCUT2D eigenvalue weighted by Gasteiger charge is -2.28. The van der Waals surface area contributed by atoms with Gasteiger partial charge in [-0.25, -0.2) is 32.5 Å². The van der Waals surface area contributed by atoms with Crippen LogP contribution in [0.5, 0.6) is 0 Å². The number of azo groups is 1. The lowest BCUT2D eigenvalue weighted by molar-refractivity contribution is 0.217. The number of hydrogen-bond acceptors (Lipinski definition) is 18. The molecule has 0 atom stereocenters. The highest BCUT2D eigenvalue weighted by molar-refractivity contribution is 7.97. The first-order valence-corrected chi connectivity index (χ1v) is 30.6. The van der Waals surface area contributed by atoms with Crippen LogP contribution in [0.4, 0.5) is 45.3 Å². The van der Waals surface area contributed by atoms with Crippen LogP contribution in [0.1, 0.15) is 93.1 Å². The number of pyridine rings is 1. The molecular weight excluding hydrogens is 1090 g/mol. The molecule has 22 heteroatoms. The van der Waals surface area contributed by atoms with Crippen molar-refractivity contribution in [2.24, 2.45) is 10.2 Å². The van der Waals surface area contributed by atoms with E-state index in [1.54, 1.807) is 16.8 Å². The van der Waals surface area contributed by atoms with E-state index in [0.29, 0.717) is 75.0 Å². The van der Waals surface area contributed by atoms with Crippen LogP contribution in [0.25, 0.3) is 30.4 Å². The van der Waals surface area contributed by atoms with E-state index in [-0.39, 0.29) is 42.7 Å². The summed E-state index contributed by atoms with van der Waals surface area (Å²) < 4.78 is 33.9. The van der Waals surface area contributed by atoms with E-state index >= 15 is 0 Å². The number of aryl methyl sites for hydroxylation is 7. The van der Waals surface area contributed by atoms with Crippen molar-refractivity contribution in [3.63, 3.8) is 0 Å². The van der Waals surface area contributed by atoms with Gasteiger partial charge in [-0.1, -0.05) is 107 Å². The number of thiazole rings is 2. The molecule has 5 N–H and O–H groups in total. The monoisotopic (exact) mass is 1160 g/mol. The quantitative estimate of drug-likeness (QED) is 0.0216. The third-order valence-electron chi connectivity index (χ3n) is 13.5. The van der Waals surface area contributed by atoms with Crippen molar-refractivity contribution < 1.29 is 28.8 Å². The Balaban J connectivity index is 1.35. The highest BCUT2D eigenvalue weighted by Gasteiger charge is 2.31. The number of fused-ring (bicyclic) bond motifs is 2. The molecule has 0 fully saturated rings. The van der Waals surface area contributed by atoms with Crippen LogP contribution in [0.15, 0.2) is 86.7 Å². The maximum absolute atomic E-state index is 13.9. The second-order valence-electron chi connectivity index (χ2n) is 20.3. The number of nitrogens with one attached hydrogen (secondary N) is 1. The molecule has 18 nitrogen and oxygen atoms in total. The summed E-state index contributed by atoms with van der Waals surface area (Å²) in [6.07, 6.45) is 2.85. The molecule has 0 saturated heterocycles. The zero-order valence-corrected chi connectivity index (χ0v) is 50.3. The molecule has 0 unspecified atom stereocenters. The molecule has 8 rings (SSSR count). The SMILES string of the molecule is [C-]#[N+]c1c(C(C)(C)C)nn(-c2nc3ccc(SN(CCO)CCO)cc3s2)c1/N=N/c1c(C)cc(N(c2nc3ccc(S(=O)(=O)N(CCO)CCO)cc3s2)c2c(CC)cc(C)cc2CC)nc1Nc1c(CC)cc(C)cc1CC. The molecule has 0 aliphatic rings. The van der Waals surface area contributed by atoms with Gasteiger partial charge in [0.05, 0.1) is 69.7 Å². The number of aliphatic hydroxyl groups excluding tert-OH is 4. The van der Waals surface area contributed by atoms with Crippen molar-refractivity contribution in [3.05, 3.63) is 123 Å². The fraction of sp³-hybridized carbons (Fsp3) is 0.397. The number of rotatable bonds is 24. The van der Waals surface area contributed by atoms with Gasteiger partial charge in [0.2, 0.25) is 15.2 Å². The van der Waals surface area contributed by atoms with Crippen LogP contribution >= 0.6 is 34.6 Å². The first kappa shape index (κ1) is 59.9. The van der Waals surface area contributed by atoms with E-state index in [1.807, 2.05) is 56.3 Å². The Labute approximate surface area is 480 Å². The van der Waals surface area contributed by atoms with E-state index < -0.39 is 28.7 Å². The number of benzene rings is 4. The predicted molar refractivity (Wildman–Crippen MR) is 324 cm³/mol. The number of sulfonamides is 1. The van der Waals surface area contributed by atoms with Crippen molar-refractivity contribution in [2.45, 2.75) is 110 Å². The fourth-order valence-electron chi connectivity index (χ4n) is 9.64. The molecule has 4 aromatic carbocycles. The maximum Gasteiger partial charge on any atom is 0.255 e. The molecule has 0 aliphatic heterocycles. The van der Waals surface area contributed by atoms with Crippen LogP contribution in [0, 0.1) is 27.3 Å². The van der Waals surface area contributed by atoms with Gasteiger partial charge in [-0.3, -0.25) is 4.90 Å². The van der Waals surface area contributed by atoms with Crippen molar-refractivity contribution in [3.8, 4) is 5.13 Å². The highest BCUT2D eigenvalue weighted by atomic mass is 32.2. The number of anilines is 5. The third kappa shape index (κ3) is 12.6. The minimum absolute atomic E-state index is 0.0181. The van der Waals surface area contributed by atoms with Crippen molar-refractivity contribution >= 4 is 110 Å². The topological polar surface area (TPSA) is 222 Å². The lowest BCUT2D eigenvalue weighted by atomic mass is 9.91. The fourth-order valence-corrected chi connectivity index (χ4v) is 14.2. The van der Waals surface area contributed by atoms with E-state index in [2.05, 4.69) is 80.9 Å². The molecular formula is C58H70N12O6S4. The second-order valence-corrected chi connectivity index (χ2v) is 25.5. The Hall–Kier alpha value is -6.23. The smallest absolute Gasteiger partial charge is 0.255 e. The zero-order valence-electron chi connectivity index (χ0n) is 47.0. The van der Waals surface area contributed by atoms with Gasteiger partial charge in [0.15, 0.2) is 16.8 Å². The van der Waals surface area contributed by atoms with E-state index in [9.17, 15) is 28.8 Å². The molecule has 0 amide bonds. The van der Waals surface area contributed by atoms with Crippen LogP contribution in [-0.2, 0) is 41.1 Å². The molecule has 0 bridgehead atoms. The number of nitrogens with zero attached hydrogens (tertiary/aromatic N) is 11. The molecule has 4 aromatic heterocycles. The Morgan fingerprint density at radius 3 is 1.88 bits per heavy atom. The van der Waals surface area contributed by atoms with Gasteiger partial charge in [0.25, 0.3) is 5.69 Å². The lowest BCUT2D eigenvalue weighted by Crippen LogP contribution is -2.35. The summed E-state index contributed by atoms with van der Waals surface area (Å²) in [5.74, 6) is 1.13. The molecule has 0 spiro atoms. The van der Waals surface area contributed by atoms with Gasteiger partial charge < -0.3 is 25.7 Å². The first-order valence-electron chi connectivity index (χ1n) is 26.8. The summed E-state index contributed by atoms with van der Waals surface area (Å²) in [6.45, 7) is 28.7. The van der Waals surface area contributed by atoms with Crippen LogP contribution < -0.4 is 10.2 Å². The number of hydrogen-bond donors (Lipinski definition) is 5. The minimum atomic E-state index is -4.09. The molecule has 0 radical (unpaired) electrons. The second kappa shape index (κ2) is 25.7. The summed E-state index contributed by atoms with van der Waals surface area (Å²) in [4.78, 5) is 22.8. The largest absolute Gasteiger partial charge is 0.395 e. The van der Waals surface area contributed by atoms with E-state index in [0.717, 1.165) is 77.0 Å². The third-order valence-corrected chi connectivity index (χ3v) is 18.5. The normalized spacial score (nSPS) is 12.3. The standard InChI is InChI=1S/C58H70N12O6S4/c1-12-38-28-35(5)29-39(13-2)50(38)63-54-49(64-65-55-51(59-11)53(58(8,9)10)66-70(55)57-61-44-18-16-42(33-46(44)78-57)79-67(20-24-71)21-25-72)37(7)32-48(62-54)69(52-40(14-3)30-36(6)31-41(52)15-4)56-60-45-19-17-43(34-47(45)77-56)80(75,76)68(22-26-73)23-27-74/h16-19,28-34,71-74H,12-15,20-27H2,1-10H3,(H,62,63)/b65-64+. The van der Waals surface area contributed by atoms with Crippen molar-refractivity contribution in [1.82, 2.24) is 33.3 Å². The van der Waals surface area contributed by atoms with Gasteiger partial charge in [-0.15, -0.1) is 10.2 Å². The van der Waals surface area contributed by atoms with E-state index in [1.165, 1.54) is 40.7 Å². The molecule has 8 aromatic rings. The Morgan fingerprint density at radius 1 is 0.725 bits per heavy atom. The Morgan fingerprint density at radius 2 is 1.30 bits per heavy atom. The maximum atomic E-state index is 13.9. The highest BCUT2D eigenvalue weighted by Crippen LogP contribution is 2.48. The van der Waals surface area contributed by atoms with Crippen molar-refractivity contribution in [1.29, 1.82) is 0 Å². The first-order chi connectivity index (χ1) is 38.3. The Kier molecular flexibility index (Phi) is 19.2. The van der Waals surface area contributed by atoms with Gasteiger partial charge in [-0.05, 0) is 134 Å². The molecule has 0 aliphatic carbocycles. The summed E-state index contributed by atoms with van der Waals surface area (Å²) in [5.41, 5.74) is 11.0. The summed E-state index contributed by atoms with van der Waals surface area (Å²) in [5, 5.41) is 58.7. The average Bonchev–Trinajstić information content (AvgIpc) is 4.23. The van der Waals surface area contributed by atoms with Crippen LogP contribution in [-0.4, -0.2) is 115 Å². The zero-order chi connectivity index (χ0) is 57.6. The molecule has 80 heavy (non-hydrogen) atoms. The molecule has 0 saturated carbocycles. The number of aliphatic hydroxyl groups is 4. The average molecular weight is 1160 g/mol. The van der Waals surface area contributed by atoms with Gasteiger partial charge in [0.1, 0.15) is 11.5 Å². The summed E-state index contributed by atoms with van der Waals surface area (Å²) in [7, 11) is -4.09. The Bertz CT molecular complexity index is 3670. The number of aromatic nitrogens is 5. The predicted octanol–water partition coefficient (Wildman–Crippen LogP) is 12.4. The van der Waals surface area contributed by atoms with Gasteiger partial charge >= 0.3 is 0 Å². The van der Waals surface area contributed by atoms with Gasteiger partial charge in [-0.2, -0.15) is 14.1 Å². The van der Waals surface area contributed by atoms with Crippen molar-refractivity contribution in [2.75, 3.05) is 62.8 Å². The summed E-state index contributed by atoms with van der Waals surface area (Å²) in [6, 6.07) is 21.3. The summed E-state index contributed by atoms with van der Waals surface area (Å²) >= 11 is 4.17. The van der Waals surface area contributed by atoms with Gasteiger partial charge in [0, 0.05) is 36.8 Å². The molecule has 422 valence electrons. The minimum Gasteiger partial charge on any atom is -0.395 e. The van der Waals surface area contributed by atoms with Crippen LogP contribution in [0.2, 0.25) is 0 Å². The molecule has 4 heterocycles.